The van der Waals surface area contributed by atoms with E-state index in [4.69, 9.17) is 18.9 Å². The summed E-state index contributed by atoms with van der Waals surface area (Å²) in [6, 6.07) is 5.00. The Labute approximate surface area is 198 Å². The largest absolute Gasteiger partial charge is 0.497 e. The van der Waals surface area contributed by atoms with Gasteiger partial charge in [-0.1, -0.05) is 12.1 Å². The van der Waals surface area contributed by atoms with Crippen LogP contribution in [-0.2, 0) is 25.4 Å². The predicted octanol–water partition coefficient (Wildman–Crippen LogP) is -1.76. The van der Waals surface area contributed by atoms with Crippen molar-refractivity contribution < 1.29 is 39.1 Å². The van der Waals surface area contributed by atoms with Crippen LogP contribution in [0.25, 0.3) is 0 Å². The highest BCUT2D eigenvalue weighted by molar-refractivity contribution is 5.79. The lowest BCUT2D eigenvalue weighted by Gasteiger charge is -2.58. The standard InChI is InChI=1S/C23H35N3O8/c1-11-9-14(26-15(27)10-12-5-7-13(31-4)8-6-12)23(30)22(32-11)33-21-19(29)16(24-2)18(28)17(25-3)20(21)34-23/h5-8,11,14,16-22,24-25,28-30H,9-10H2,1-4H3,(H,26,27)/t11-,14-,16-,17+,18+,19+,20?,21?,22?,23+/m1/s1. The molecule has 11 nitrogen and oxygen atoms in total. The molecule has 1 aromatic rings. The first-order valence-electron chi connectivity index (χ1n) is 11.6. The zero-order chi connectivity index (χ0) is 24.6. The Morgan fingerprint density at radius 2 is 1.76 bits per heavy atom. The van der Waals surface area contributed by atoms with Crippen LogP contribution in [0.5, 0.6) is 5.75 Å². The Morgan fingerprint density at radius 3 is 2.38 bits per heavy atom. The Balaban J connectivity index is 1.53. The van der Waals surface area contributed by atoms with Crippen LogP contribution in [0.1, 0.15) is 18.9 Å². The number of carbonyl (C=O) groups excluding carboxylic acids is 1. The van der Waals surface area contributed by atoms with Gasteiger partial charge in [0.25, 0.3) is 0 Å². The van der Waals surface area contributed by atoms with Gasteiger partial charge < -0.3 is 50.2 Å². The summed E-state index contributed by atoms with van der Waals surface area (Å²) in [5.41, 5.74) is 0.787. The van der Waals surface area contributed by atoms with E-state index in [1.807, 2.05) is 6.92 Å². The number of ether oxygens (including phenoxy) is 4. The van der Waals surface area contributed by atoms with Crippen LogP contribution in [0, 0.1) is 0 Å². The first kappa shape index (κ1) is 25.3. The van der Waals surface area contributed by atoms with E-state index in [-0.39, 0.29) is 24.9 Å². The maximum absolute atomic E-state index is 12.9. The monoisotopic (exact) mass is 481 g/mol. The fourth-order valence-electron chi connectivity index (χ4n) is 5.19. The molecule has 1 aliphatic carbocycles. The van der Waals surface area contributed by atoms with E-state index in [1.54, 1.807) is 45.5 Å². The average molecular weight is 482 g/mol. The van der Waals surface area contributed by atoms with Crippen LogP contribution in [0.3, 0.4) is 0 Å². The Kier molecular flexibility index (Phi) is 7.46. The summed E-state index contributed by atoms with van der Waals surface area (Å²) >= 11 is 0. The maximum Gasteiger partial charge on any atom is 0.239 e. The second-order valence-electron chi connectivity index (χ2n) is 9.20. The number of nitrogens with one attached hydrogen (secondary N) is 3. The molecule has 2 saturated heterocycles. The van der Waals surface area contributed by atoms with Gasteiger partial charge in [-0.05, 0) is 45.1 Å². The molecule has 0 spiro atoms. The van der Waals surface area contributed by atoms with Crippen molar-refractivity contribution in [2.45, 2.75) is 80.5 Å². The molecule has 10 atom stereocenters. The number of likely N-dealkylation sites (N-methyl/N-ethyl adjacent to an activating group) is 2. The second kappa shape index (κ2) is 10.0. The van der Waals surface area contributed by atoms with Gasteiger partial charge in [-0.2, -0.15) is 0 Å². The van der Waals surface area contributed by atoms with Crippen LogP contribution < -0.4 is 20.7 Å². The number of aliphatic hydroxyl groups excluding tert-OH is 2. The van der Waals surface area contributed by atoms with Crippen LogP contribution in [0.15, 0.2) is 24.3 Å². The molecule has 4 rings (SSSR count). The molecule has 3 unspecified atom stereocenters. The minimum Gasteiger partial charge on any atom is -0.497 e. The van der Waals surface area contributed by atoms with Gasteiger partial charge in [0.1, 0.15) is 24.1 Å². The number of benzene rings is 1. The molecule has 1 amide bonds. The van der Waals surface area contributed by atoms with Crippen LogP contribution in [-0.4, -0.2) is 103 Å². The summed E-state index contributed by atoms with van der Waals surface area (Å²) in [5.74, 6) is -1.62. The molecule has 34 heavy (non-hydrogen) atoms. The molecule has 0 radical (unpaired) electrons. The first-order valence-corrected chi connectivity index (χ1v) is 11.6. The van der Waals surface area contributed by atoms with E-state index >= 15 is 0 Å². The topological polar surface area (TPSA) is 151 Å². The molecular weight excluding hydrogens is 446 g/mol. The van der Waals surface area contributed by atoms with Crippen LogP contribution in [0.4, 0.5) is 0 Å². The lowest BCUT2D eigenvalue weighted by atomic mass is 9.79. The third-order valence-electron chi connectivity index (χ3n) is 7.01. The highest BCUT2D eigenvalue weighted by Gasteiger charge is 2.63. The van der Waals surface area contributed by atoms with E-state index in [1.165, 1.54) is 0 Å². The number of hydrogen-bond acceptors (Lipinski definition) is 10. The van der Waals surface area contributed by atoms with E-state index in [0.29, 0.717) is 5.75 Å². The second-order valence-corrected chi connectivity index (χ2v) is 9.20. The van der Waals surface area contributed by atoms with Crippen molar-refractivity contribution in [2.75, 3.05) is 21.2 Å². The third kappa shape index (κ3) is 4.54. The minimum absolute atomic E-state index is 0.101. The molecule has 11 heteroatoms. The molecule has 3 aliphatic rings. The molecule has 2 aliphatic heterocycles. The summed E-state index contributed by atoms with van der Waals surface area (Å²) in [4.78, 5) is 12.9. The van der Waals surface area contributed by atoms with Crippen molar-refractivity contribution >= 4 is 5.91 Å². The lowest BCUT2D eigenvalue weighted by Crippen LogP contribution is -2.79. The lowest BCUT2D eigenvalue weighted by molar-refractivity contribution is -0.449. The SMILES string of the molecule is CN[C@@H]1[C@H](O)[C@H](NC)C2O[C@]3(O)C(OC2[C@H]1O)O[C@H](C)C[C@H]3NC(=O)Cc1ccc(OC)cc1. The van der Waals surface area contributed by atoms with Crippen molar-refractivity contribution in [1.82, 2.24) is 16.0 Å². The molecule has 2 heterocycles. The number of methoxy groups -OCH3 is 1. The summed E-state index contributed by atoms with van der Waals surface area (Å²) in [5, 5.41) is 42.0. The van der Waals surface area contributed by atoms with Crippen molar-refractivity contribution in [3.05, 3.63) is 29.8 Å². The number of carbonyl (C=O) groups is 1. The summed E-state index contributed by atoms with van der Waals surface area (Å²) in [7, 11) is 4.87. The Hall–Kier alpha value is -1.83. The predicted molar refractivity (Wildman–Crippen MR) is 120 cm³/mol. The number of fused-ring (bicyclic) bond motifs is 2. The zero-order valence-electron chi connectivity index (χ0n) is 19.8. The molecular formula is C23H35N3O8. The van der Waals surface area contributed by atoms with Gasteiger partial charge in [0.15, 0.2) is 0 Å². The van der Waals surface area contributed by atoms with E-state index < -0.39 is 54.6 Å². The minimum atomic E-state index is -2.01. The van der Waals surface area contributed by atoms with E-state index in [0.717, 1.165) is 5.56 Å². The van der Waals surface area contributed by atoms with Crippen molar-refractivity contribution in [3.8, 4) is 5.75 Å². The molecule has 190 valence electrons. The van der Waals surface area contributed by atoms with E-state index in [9.17, 15) is 20.1 Å². The van der Waals surface area contributed by atoms with Crippen molar-refractivity contribution in [1.29, 1.82) is 0 Å². The first-order chi connectivity index (χ1) is 16.2. The molecule has 1 saturated carbocycles. The van der Waals surface area contributed by atoms with Gasteiger partial charge in [-0.15, -0.1) is 0 Å². The highest BCUT2D eigenvalue weighted by atomic mass is 16.8. The fourth-order valence-corrected chi connectivity index (χ4v) is 5.19. The van der Waals surface area contributed by atoms with Gasteiger partial charge in [-0.3, -0.25) is 4.79 Å². The fraction of sp³-hybridized carbons (Fsp3) is 0.696. The molecule has 0 aromatic heterocycles. The highest BCUT2D eigenvalue weighted by Crippen LogP contribution is 2.42. The maximum atomic E-state index is 12.9. The number of rotatable bonds is 6. The number of amides is 1. The normalized spacial score (nSPS) is 41.8. The molecule has 3 fully saturated rings. The van der Waals surface area contributed by atoms with Crippen LogP contribution in [0.2, 0.25) is 0 Å². The Morgan fingerprint density at radius 1 is 1.09 bits per heavy atom. The smallest absolute Gasteiger partial charge is 0.239 e. The van der Waals surface area contributed by atoms with Crippen LogP contribution >= 0.6 is 0 Å². The van der Waals surface area contributed by atoms with E-state index in [2.05, 4.69) is 16.0 Å². The van der Waals surface area contributed by atoms with Gasteiger partial charge in [0, 0.05) is 0 Å². The van der Waals surface area contributed by atoms with Gasteiger partial charge in [0.05, 0.1) is 43.9 Å². The molecule has 1 aromatic carbocycles. The third-order valence-corrected chi connectivity index (χ3v) is 7.01. The number of hydrogen-bond donors (Lipinski definition) is 6. The average Bonchev–Trinajstić information content (AvgIpc) is 2.80. The van der Waals surface area contributed by atoms with Gasteiger partial charge in [0.2, 0.25) is 18.0 Å². The Bertz CT molecular complexity index is 857. The summed E-state index contributed by atoms with van der Waals surface area (Å²) in [6.07, 6.45) is -5.07. The quantitative estimate of drug-likeness (QED) is 0.276. The molecule has 0 bridgehead atoms. The summed E-state index contributed by atoms with van der Waals surface area (Å²) < 4.78 is 23.2. The zero-order valence-corrected chi connectivity index (χ0v) is 19.8. The van der Waals surface area contributed by atoms with Crippen molar-refractivity contribution in [2.24, 2.45) is 0 Å². The number of aliphatic hydroxyl groups is 3. The van der Waals surface area contributed by atoms with Gasteiger partial charge >= 0.3 is 0 Å². The van der Waals surface area contributed by atoms with Crippen molar-refractivity contribution in [3.63, 3.8) is 0 Å². The molecule has 6 N–H and O–H groups in total. The summed E-state index contributed by atoms with van der Waals surface area (Å²) in [6.45, 7) is 1.81. The van der Waals surface area contributed by atoms with Gasteiger partial charge in [-0.25, -0.2) is 0 Å².